The molecule has 4 heteroatoms. The second kappa shape index (κ2) is 15.0. The van der Waals surface area contributed by atoms with Gasteiger partial charge in [0.1, 0.15) is 5.75 Å². The first-order chi connectivity index (χ1) is 17.7. The number of carboxylic acid groups (broad SMARTS) is 1. The van der Waals surface area contributed by atoms with Crippen LogP contribution >= 0.6 is 0 Å². The predicted molar refractivity (Wildman–Crippen MR) is 150 cm³/mol. The van der Waals surface area contributed by atoms with Crippen LogP contribution in [0.2, 0.25) is 0 Å². The van der Waals surface area contributed by atoms with E-state index in [9.17, 15) is 9.90 Å². The zero-order valence-corrected chi connectivity index (χ0v) is 20.8. The van der Waals surface area contributed by atoms with Gasteiger partial charge in [-0.15, -0.1) is 0 Å². The Labute approximate surface area is 214 Å². The molecule has 36 heavy (non-hydrogen) atoms. The van der Waals surface area contributed by atoms with Crippen molar-refractivity contribution in [1.82, 2.24) is 0 Å². The first-order valence-electron chi connectivity index (χ1n) is 12.6. The van der Waals surface area contributed by atoms with Gasteiger partial charge in [-0.05, 0) is 47.9 Å². The SMILES string of the molecule is CCCCCCOc1ccc(C=C2C=CC=CC2Nc2ccccc2C(=O)O)cc1.c1ccccc1. The Hall–Kier alpha value is -4.05. The van der Waals surface area contributed by atoms with Crippen LogP contribution in [0.25, 0.3) is 6.08 Å². The Kier molecular flexibility index (Phi) is 11.1. The summed E-state index contributed by atoms with van der Waals surface area (Å²) in [5, 5.41) is 12.8. The fourth-order valence-electron chi connectivity index (χ4n) is 3.75. The smallest absolute Gasteiger partial charge is 0.337 e. The standard InChI is InChI=1S/C26H29NO3.C6H6/c1-2-3-4-9-18-30-22-16-14-20(15-17-22)19-21-10-5-7-12-24(21)27-25-13-8-6-11-23(25)26(28)29;1-2-4-6-5-3-1/h5-8,10-17,19,24,27H,2-4,9,18H2,1H3,(H,28,29);1-6H. The molecule has 186 valence electrons. The molecule has 4 nitrogen and oxygen atoms in total. The topological polar surface area (TPSA) is 58.6 Å². The molecule has 4 rings (SSSR count). The molecule has 1 unspecified atom stereocenters. The van der Waals surface area contributed by atoms with Gasteiger partial charge in [0.05, 0.1) is 18.2 Å². The van der Waals surface area contributed by atoms with Crippen LogP contribution in [-0.2, 0) is 0 Å². The summed E-state index contributed by atoms with van der Waals surface area (Å²) in [7, 11) is 0. The predicted octanol–water partition coefficient (Wildman–Crippen LogP) is 8.02. The molecule has 0 radical (unpaired) electrons. The van der Waals surface area contributed by atoms with Crippen LogP contribution in [0.4, 0.5) is 5.69 Å². The summed E-state index contributed by atoms with van der Waals surface area (Å²) in [5.74, 6) is -0.0537. The van der Waals surface area contributed by atoms with Crippen molar-refractivity contribution in [3.8, 4) is 5.75 Å². The molecule has 0 amide bonds. The molecular weight excluding hydrogens is 446 g/mol. The summed E-state index contributed by atoms with van der Waals surface area (Å²) in [6, 6.07) is 26.9. The van der Waals surface area contributed by atoms with Gasteiger partial charge in [-0.25, -0.2) is 4.79 Å². The van der Waals surface area contributed by atoms with Gasteiger partial charge >= 0.3 is 5.97 Å². The van der Waals surface area contributed by atoms with Gasteiger partial charge in [-0.2, -0.15) is 0 Å². The van der Waals surface area contributed by atoms with Gasteiger partial charge in [0.15, 0.2) is 0 Å². The van der Waals surface area contributed by atoms with E-state index in [1.54, 1.807) is 18.2 Å². The number of allylic oxidation sites excluding steroid dienone is 2. The van der Waals surface area contributed by atoms with Crippen molar-refractivity contribution < 1.29 is 14.6 Å². The van der Waals surface area contributed by atoms with Crippen molar-refractivity contribution in [3.63, 3.8) is 0 Å². The molecule has 1 atom stereocenters. The summed E-state index contributed by atoms with van der Waals surface area (Å²) in [6.45, 7) is 2.96. The maximum absolute atomic E-state index is 11.5. The lowest BCUT2D eigenvalue weighted by Gasteiger charge is -2.21. The second-order valence-corrected chi connectivity index (χ2v) is 8.49. The van der Waals surface area contributed by atoms with E-state index in [0.29, 0.717) is 5.69 Å². The van der Waals surface area contributed by atoms with E-state index in [-0.39, 0.29) is 11.6 Å². The van der Waals surface area contributed by atoms with Crippen molar-refractivity contribution in [2.75, 3.05) is 11.9 Å². The highest BCUT2D eigenvalue weighted by Gasteiger charge is 2.15. The van der Waals surface area contributed by atoms with E-state index in [4.69, 9.17) is 4.74 Å². The lowest BCUT2D eigenvalue weighted by atomic mass is 9.98. The summed E-state index contributed by atoms with van der Waals surface area (Å²) < 4.78 is 5.82. The molecule has 3 aromatic rings. The molecule has 3 aromatic carbocycles. The third-order valence-electron chi connectivity index (χ3n) is 5.68. The van der Waals surface area contributed by atoms with Crippen LogP contribution in [0.5, 0.6) is 5.75 Å². The highest BCUT2D eigenvalue weighted by atomic mass is 16.5. The van der Waals surface area contributed by atoms with Gasteiger partial charge in [0.2, 0.25) is 0 Å². The number of aromatic carboxylic acids is 1. The number of carboxylic acids is 1. The number of unbranched alkanes of at least 4 members (excludes halogenated alkanes) is 3. The highest BCUT2D eigenvalue weighted by Crippen LogP contribution is 2.24. The van der Waals surface area contributed by atoms with E-state index in [1.165, 1.54) is 19.3 Å². The van der Waals surface area contributed by atoms with Crippen molar-refractivity contribution in [3.05, 3.63) is 126 Å². The van der Waals surface area contributed by atoms with E-state index in [1.807, 2.05) is 91.0 Å². The van der Waals surface area contributed by atoms with Crippen LogP contribution in [0.15, 0.2) is 115 Å². The molecule has 0 bridgehead atoms. The first kappa shape index (κ1) is 26.6. The fraction of sp³-hybridized carbons (Fsp3) is 0.219. The number of benzene rings is 3. The lowest BCUT2D eigenvalue weighted by molar-refractivity contribution is 0.0698. The van der Waals surface area contributed by atoms with Crippen molar-refractivity contribution in [2.45, 2.75) is 38.6 Å². The normalized spacial score (nSPS) is 15.1. The Morgan fingerprint density at radius 3 is 2.25 bits per heavy atom. The Balaban J connectivity index is 0.000000526. The van der Waals surface area contributed by atoms with Gasteiger partial charge in [0, 0.05) is 5.69 Å². The quantitative estimate of drug-likeness (QED) is 0.288. The Bertz CT molecular complexity index is 1120. The van der Waals surface area contributed by atoms with Gasteiger partial charge in [-0.3, -0.25) is 0 Å². The number of hydrogen-bond acceptors (Lipinski definition) is 3. The minimum absolute atomic E-state index is 0.106. The number of nitrogens with one attached hydrogen (secondary N) is 1. The molecule has 0 spiro atoms. The van der Waals surface area contributed by atoms with Crippen molar-refractivity contribution >= 4 is 17.7 Å². The second-order valence-electron chi connectivity index (χ2n) is 8.49. The lowest BCUT2D eigenvalue weighted by Crippen LogP contribution is -2.21. The number of para-hydroxylation sites is 1. The summed E-state index contributed by atoms with van der Waals surface area (Å²) in [4.78, 5) is 11.5. The summed E-state index contributed by atoms with van der Waals surface area (Å²) >= 11 is 0. The molecule has 0 saturated carbocycles. The van der Waals surface area contributed by atoms with E-state index >= 15 is 0 Å². The van der Waals surface area contributed by atoms with Crippen LogP contribution in [-0.4, -0.2) is 23.7 Å². The molecule has 2 N–H and O–H groups in total. The van der Waals surface area contributed by atoms with E-state index < -0.39 is 5.97 Å². The molecule has 0 saturated heterocycles. The zero-order chi connectivity index (χ0) is 25.4. The number of anilines is 1. The van der Waals surface area contributed by atoms with Gasteiger partial charge < -0.3 is 15.2 Å². The maximum atomic E-state index is 11.5. The minimum Gasteiger partial charge on any atom is -0.494 e. The fourth-order valence-corrected chi connectivity index (χ4v) is 3.75. The molecule has 0 fully saturated rings. The Morgan fingerprint density at radius 1 is 0.889 bits per heavy atom. The number of carbonyl (C=O) groups is 1. The van der Waals surface area contributed by atoms with Crippen LogP contribution in [0.3, 0.4) is 0 Å². The number of rotatable bonds is 10. The Morgan fingerprint density at radius 2 is 1.58 bits per heavy atom. The summed E-state index contributed by atoms with van der Waals surface area (Å²) in [6.07, 6.45) is 14.9. The number of ether oxygens (including phenoxy) is 1. The van der Waals surface area contributed by atoms with Crippen LogP contribution in [0, 0.1) is 0 Å². The zero-order valence-electron chi connectivity index (χ0n) is 20.8. The average Bonchev–Trinajstić information content (AvgIpc) is 2.92. The highest BCUT2D eigenvalue weighted by molar-refractivity contribution is 5.94. The molecule has 1 aliphatic rings. The van der Waals surface area contributed by atoms with Gasteiger partial charge in [0.25, 0.3) is 0 Å². The van der Waals surface area contributed by atoms with Crippen molar-refractivity contribution in [1.29, 1.82) is 0 Å². The molecule has 1 aliphatic carbocycles. The first-order valence-corrected chi connectivity index (χ1v) is 12.6. The maximum Gasteiger partial charge on any atom is 0.337 e. The molecule has 0 aliphatic heterocycles. The number of hydrogen-bond donors (Lipinski definition) is 2. The molecule has 0 aromatic heterocycles. The molecule has 0 heterocycles. The van der Waals surface area contributed by atoms with E-state index in [0.717, 1.165) is 29.9 Å². The summed E-state index contributed by atoms with van der Waals surface area (Å²) in [5.41, 5.74) is 3.00. The van der Waals surface area contributed by atoms with Crippen LogP contribution in [0.1, 0.15) is 48.5 Å². The van der Waals surface area contributed by atoms with Crippen LogP contribution < -0.4 is 10.1 Å². The average molecular weight is 482 g/mol. The van der Waals surface area contributed by atoms with Crippen molar-refractivity contribution in [2.24, 2.45) is 0 Å². The van der Waals surface area contributed by atoms with E-state index in [2.05, 4.69) is 18.3 Å². The molecular formula is C32H35NO3. The largest absolute Gasteiger partial charge is 0.494 e. The minimum atomic E-state index is -0.941. The van der Waals surface area contributed by atoms with Gasteiger partial charge in [-0.1, -0.05) is 111 Å². The third kappa shape index (κ3) is 8.95. The monoisotopic (exact) mass is 481 g/mol. The third-order valence-corrected chi connectivity index (χ3v) is 5.68.